The highest BCUT2D eigenvalue weighted by atomic mass is 19.1. The summed E-state index contributed by atoms with van der Waals surface area (Å²) in [5.41, 5.74) is 5.88. The molecule has 1 amide bonds. The summed E-state index contributed by atoms with van der Waals surface area (Å²) >= 11 is 0. The zero-order valence-corrected chi connectivity index (χ0v) is 11.6. The van der Waals surface area contributed by atoms with Crippen molar-refractivity contribution in [2.75, 3.05) is 13.6 Å². The molecule has 1 aromatic rings. The average Bonchev–Trinajstić information content (AvgIpc) is 2.37. The van der Waals surface area contributed by atoms with E-state index >= 15 is 0 Å². The number of rotatable bonds is 5. The third-order valence-electron chi connectivity index (χ3n) is 3.19. The van der Waals surface area contributed by atoms with E-state index in [1.54, 1.807) is 7.05 Å². The quantitative estimate of drug-likeness (QED) is 0.858. The lowest BCUT2D eigenvalue weighted by molar-refractivity contribution is 0.0785. The van der Waals surface area contributed by atoms with Gasteiger partial charge in [0.25, 0.3) is 5.91 Å². The Labute approximate surface area is 113 Å². The second-order valence-electron chi connectivity index (χ2n) is 5.08. The predicted molar refractivity (Wildman–Crippen MR) is 72.5 cm³/mol. The van der Waals surface area contributed by atoms with Gasteiger partial charge in [-0.1, -0.05) is 13.8 Å². The molecule has 1 unspecified atom stereocenters. The number of phenolic OH excluding ortho intramolecular Hbond substituents is 1. The van der Waals surface area contributed by atoms with Gasteiger partial charge < -0.3 is 15.7 Å². The Morgan fingerprint density at radius 1 is 1.47 bits per heavy atom. The van der Waals surface area contributed by atoms with Crippen molar-refractivity contribution in [2.24, 2.45) is 11.7 Å². The zero-order chi connectivity index (χ0) is 14.6. The number of hydrogen-bond donors (Lipinski definition) is 2. The summed E-state index contributed by atoms with van der Waals surface area (Å²) in [6, 6.07) is 3.34. The van der Waals surface area contributed by atoms with Crippen molar-refractivity contribution >= 4 is 5.91 Å². The van der Waals surface area contributed by atoms with E-state index in [4.69, 9.17) is 5.73 Å². The molecular formula is C14H21FN2O2. The van der Waals surface area contributed by atoms with Crippen LogP contribution in [0.25, 0.3) is 0 Å². The normalized spacial score (nSPS) is 12.5. The van der Waals surface area contributed by atoms with Crippen LogP contribution >= 0.6 is 0 Å². The van der Waals surface area contributed by atoms with Gasteiger partial charge in [-0.05, 0) is 30.5 Å². The zero-order valence-electron chi connectivity index (χ0n) is 11.6. The summed E-state index contributed by atoms with van der Waals surface area (Å²) in [5.74, 6) is -0.834. The fourth-order valence-corrected chi connectivity index (χ4v) is 1.66. The first-order chi connectivity index (χ1) is 8.82. The molecule has 106 valence electrons. The van der Waals surface area contributed by atoms with E-state index in [-0.39, 0.29) is 17.4 Å². The van der Waals surface area contributed by atoms with Gasteiger partial charge in [0.2, 0.25) is 0 Å². The Hall–Kier alpha value is -1.62. The second kappa shape index (κ2) is 6.52. The van der Waals surface area contributed by atoms with Gasteiger partial charge in [-0.15, -0.1) is 0 Å². The minimum absolute atomic E-state index is 0.0105. The van der Waals surface area contributed by atoms with Gasteiger partial charge in [-0.3, -0.25) is 4.79 Å². The Morgan fingerprint density at radius 3 is 2.68 bits per heavy atom. The number of phenols is 1. The minimum Gasteiger partial charge on any atom is -0.507 e. The Balaban J connectivity index is 2.69. The molecule has 0 heterocycles. The smallest absolute Gasteiger partial charge is 0.257 e. The van der Waals surface area contributed by atoms with Crippen molar-refractivity contribution in [2.45, 2.75) is 26.3 Å². The lowest BCUT2D eigenvalue weighted by Gasteiger charge is -2.22. The van der Waals surface area contributed by atoms with Crippen LogP contribution in [0.15, 0.2) is 18.2 Å². The molecule has 0 aliphatic heterocycles. The maximum Gasteiger partial charge on any atom is 0.257 e. The van der Waals surface area contributed by atoms with Crippen LogP contribution in [0.2, 0.25) is 0 Å². The van der Waals surface area contributed by atoms with Crippen molar-refractivity contribution in [3.63, 3.8) is 0 Å². The molecule has 5 heteroatoms. The van der Waals surface area contributed by atoms with Gasteiger partial charge in [0.15, 0.2) is 0 Å². The second-order valence-corrected chi connectivity index (χ2v) is 5.08. The van der Waals surface area contributed by atoms with E-state index in [1.807, 2.05) is 13.8 Å². The number of hydrogen-bond acceptors (Lipinski definition) is 3. The number of carbonyl (C=O) groups excluding carboxylic acids is 1. The van der Waals surface area contributed by atoms with Gasteiger partial charge in [0.1, 0.15) is 11.6 Å². The molecule has 0 fully saturated rings. The number of carbonyl (C=O) groups is 1. The molecule has 0 bridgehead atoms. The van der Waals surface area contributed by atoms with Gasteiger partial charge in [-0.25, -0.2) is 4.39 Å². The summed E-state index contributed by atoms with van der Waals surface area (Å²) in [7, 11) is 1.61. The summed E-state index contributed by atoms with van der Waals surface area (Å²) in [4.78, 5) is 13.5. The van der Waals surface area contributed by atoms with Crippen LogP contribution in [-0.4, -0.2) is 35.5 Å². The summed E-state index contributed by atoms with van der Waals surface area (Å²) in [6.07, 6.45) is 0.663. The third kappa shape index (κ3) is 4.21. The largest absolute Gasteiger partial charge is 0.507 e. The standard InChI is InChI=1S/C14H21FN2O2/c1-9(2)12(16)6-7-17(3)14(19)11-8-10(15)4-5-13(11)18/h4-5,8-9,12,18H,6-7,16H2,1-3H3. The van der Waals surface area contributed by atoms with Crippen molar-refractivity contribution in [1.82, 2.24) is 4.90 Å². The fraction of sp³-hybridized carbons (Fsp3) is 0.500. The third-order valence-corrected chi connectivity index (χ3v) is 3.19. The lowest BCUT2D eigenvalue weighted by Crippen LogP contribution is -2.34. The van der Waals surface area contributed by atoms with E-state index in [9.17, 15) is 14.3 Å². The van der Waals surface area contributed by atoms with Crippen LogP contribution in [0.3, 0.4) is 0 Å². The molecule has 0 saturated heterocycles. The average molecular weight is 268 g/mol. The van der Waals surface area contributed by atoms with E-state index in [0.717, 1.165) is 12.1 Å². The van der Waals surface area contributed by atoms with Crippen LogP contribution in [0, 0.1) is 11.7 Å². The minimum atomic E-state index is -0.548. The number of aromatic hydroxyl groups is 1. The molecule has 0 aliphatic carbocycles. The Morgan fingerprint density at radius 2 is 2.11 bits per heavy atom. The molecule has 0 radical (unpaired) electrons. The topological polar surface area (TPSA) is 66.6 Å². The summed E-state index contributed by atoms with van der Waals surface area (Å²) in [6.45, 7) is 4.50. The van der Waals surface area contributed by atoms with Gasteiger partial charge >= 0.3 is 0 Å². The number of amides is 1. The molecule has 1 atom stereocenters. The van der Waals surface area contributed by atoms with Crippen molar-refractivity contribution < 1.29 is 14.3 Å². The van der Waals surface area contributed by atoms with E-state index in [2.05, 4.69) is 0 Å². The highest BCUT2D eigenvalue weighted by Gasteiger charge is 2.17. The molecular weight excluding hydrogens is 247 g/mol. The van der Waals surface area contributed by atoms with Crippen molar-refractivity contribution in [3.8, 4) is 5.75 Å². The number of benzene rings is 1. The molecule has 0 aliphatic rings. The van der Waals surface area contributed by atoms with Gasteiger partial charge in [0, 0.05) is 19.6 Å². The first-order valence-electron chi connectivity index (χ1n) is 6.32. The lowest BCUT2D eigenvalue weighted by atomic mass is 10.0. The number of halogens is 1. The fourth-order valence-electron chi connectivity index (χ4n) is 1.66. The van der Waals surface area contributed by atoms with E-state index < -0.39 is 11.7 Å². The number of nitrogens with two attached hydrogens (primary N) is 1. The number of nitrogens with zero attached hydrogens (tertiary/aromatic N) is 1. The molecule has 3 N–H and O–H groups in total. The Kier molecular flexibility index (Phi) is 5.30. The molecule has 19 heavy (non-hydrogen) atoms. The maximum absolute atomic E-state index is 13.1. The predicted octanol–water partition coefficient (Wildman–Crippen LogP) is 1.98. The van der Waals surface area contributed by atoms with Crippen molar-refractivity contribution in [3.05, 3.63) is 29.6 Å². The highest BCUT2D eigenvalue weighted by molar-refractivity contribution is 5.96. The summed E-state index contributed by atoms with van der Waals surface area (Å²) in [5, 5.41) is 9.58. The molecule has 0 saturated carbocycles. The molecule has 1 rings (SSSR count). The molecule has 4 nitrogen and oxygen atoms in total. The first-order valence-corrected chi connectivity index (χ1v) is 6.32. The molecule has 0 spiro atoms. The van der Waals surface area contributed by atoms with Crippen LogP contribution in [0.5, 0.6) is 5.75 Å². The molecule has 0 aromatic heterocycles. The van der Waals surface area contributed by atoms with Crippen LogP contribution in [-0.2, 0) is 0 Å². The monoisotopic (exact) mass is 268 g/mol. The van der Waals surface area contributed by atoms with Crippen LogP contribution in [0.4, 0.5) is 4.39 Å². The SMILES string of the molecule is CC(C)C(N)CCN(C)C(=O)c1cc(F)ccc1O. The van der Waals surface area contributed by atoms with E-state index in [0.29, 0.717) is 18.9 Å². The first kappa shape index (κ1) is 15.4. The van der Waals surface area contributed by atoms with E-state index in [1.165, 1.54) is 11.0 Å². The van der Waals surface area contributed by atoms with Crippen LogP contribution < -0.4 is 5.73 Å². The Bertz CT molecular complexity index is 449. The molecule has 1 aromatic carbocycles. The highest BCUT2D eigenvalue weighted by Crippen LogP contribution is 2.19. The van der Waals surface area contributed by atoms with Gasteiger partial charge in [0.05, 0.1) is 5.56 Å². The van der Waals surface area contributed by atoms with Gasteiger partial charge in [-0.2, -0.15) is 0 Å². The van der Waals surface area contributed by atoms with Crippen molar-refractivity contribution in [1.29, 1.82) is 0 Å². The van der Waals surface area contributed by atoms with Crippen LogP contribution in [0.1, 0.15) is 30.6 Å². The maximum atomic E-state index is 13.1. The summed E-state index contributed by atoms with van der Waals surface area (Å²) < 4.78 is 13.1.